The molecule has 1 saturated heterocycles. The second-order valence-electron chi connectivity index (χ2n) is 12.6. The molecule has 0 unspecified atom stereocenters. The van der Waals surface area contributed by atoms with Gasteiger partial charge in [-0.1, -0.05) is 64.3 Å². The van der Waals surface area contributed by atoms with Crippen LogP contribution in [0.25, 0.3) is 10.4 Å². The summed E-state index contributed by atoms with van der Waals surface area (Å²) in [5, 5.41) is 19.2. The molecule has 0 aliphatic carbocycles. The minimum absolute atomic E-state index is 0.0217. The first-order valence-electron chi connectivity index (χ1n) is 15.1. The fourth-order valence-corrected chi connectivity index (χ4v) is 6.43. The number of Topliss-reactive ketones (excluding diaryl/α,β-unsaturated/α-hetero) is 2. The van der Waals surface area contributed by atoms with Crippen LogP contribution in [0.1, 0.15) is 96.2 Å². The van der Waals surface area contributed by atoms with Gasteiger partial charge in [0, 0.05) is 44.6 Å². The molecule has 1 aromatic heterocycles. The van der Waals surface area contributed by atoms with E-state index in [1.54, 1.807) is 11.3 Å². The third-order valence-electron chi connectivity index (χ3n) is 8.18. The molecule has 2 N–H and O–H groups in total. The van der Waals surface area contributed by atoms with E-state index in [1.165, 1.54) is 4.90 Å². The number of carboxylic acid groups (broad SMARTS) is 1. The van der Waals surface area contributed by atoms with Crippen molar-refractivity contribution >= 4 is 34.8 Å². The van der Waals surface area contributed by atoms with Gasteiger partial charge in [0.15, 0.2) is 5.78 Å². The summed E-state index contributed by atoms with van der Waals surface area (Å²) in [4.78, 5) is 57.6. The van der Waals surface area contributed by atoms with Crippen molar-refractivity contribution in [1.82, 2.24) is 9.88 Å². The average Bonchev–Trinajstić information content (AvgIpc) is 3.54. The number of aliphatic hydroxyl groups excluding tert-OH is 1. The van der Waals surface area contributed by atoms with Crippen LogP contribution < -0.4 is 0 Å². The number of benzene rings is 1. The fraction of sp³-hybridized carbons (Fsp3) is 0.606. The number of unbranched alkanes of at least 4 members (excludes halogenated alkanes) is 4. The maximum absolute atomic E-state index is 13.8. The Balaban J connectivity index is 1.55. The van der Waals surface area contributed by atoms with Crippen LogP contribution in [-0.2, 0) is 25.6 Å². The predicted molar refractivity (Wildman–Crippen MR) is 164 cm³/mol. The largest absolute Gasteiger partial charge is 0.481 e. The van der Waals surface area contributed by atoms with E-state index < -0.39 is 29.4 Å². The minimum atomic E-state index is -0.787. The first-order chi connectivity index (χ1) is 19.9. The highest BCUT2D eigenvalue weighted by Crippen LogP contribution is 2.34. The Morgan fingerprint density at radius 2 is 1.64 bits per heavy atom. The molecule has 0 bridgehead atoms. The molecule has 0 radical (unpaired) electrons. The van der Waals surface area contributed by atoms with Crippen molar-refractivity contribution < 1.29 is 29.4 Å². The van der Waals surface area contributed by atoms with Gasteiger partial charge in [0.1, 0.15) is 5.78 Å². The Morgan fingerprint density at radius 1 is 1.00 bits per heavy atom. The number of carbonyl (C=O) groups excluding carboxylic acids is 3. The van der Waals surface area contributed by atoms with Gasteiger partial charge in [0.25, 0.3) is 0 Å². The van der Waals surface area contributed by atoms with E-state index in [-0.39, 0.29) is 49.7 Å². The number of nitrogens with zero attached hydrogens (tertiary/aromatic N) is 2. The second kappa shape index (κ2) is 15.5. The lowest BCUT2D eigenvalue weighted by atomic mass is 9.76. The maximum Gasteiger partial charge on any atom is 0.303 e. The molecule has 9 heteroatoms. The molecule has 0 saturated carbocycles. The lowest BCUT2D eigenvalue weighted by molar-refractivity contribution is -0.146. The average molecular weight is 599 g/mol. The number of carbonyl (C=O) groups is 4. The third kappa shape index (κ3) is 9.83. The quantitative estimate of drug-likeness (QED) is 0.226. The van der Waals surface area contributed by atoms with Gasteiger partial charge in [-0.05, 0) is 42.7 Å². The van der Waals surface area contributed by atoms with Crippen LogP contribution >= 0.6 is 11.3 Å². The summed E-state index contributed by atoms with van der Waals surface area (Å²) in [6.07, 6.45) is 4.86. The summed E-state index contributed by atoms with van der Waals surface area (Å²) < 4.78 is 0. The number of hydrogen-bond acceptors (Lipinski definition) is 7. The smallest absolute Gasteiger partial charge is 0.303 e. The number of amides is 1. The summed E-state index contributed by atoms with van der Waals surface area (Å²) in [7, 11) is 0. The van der Waals surface area contributed by atoms with E-state index in [1.807, 2.05) is 57.5 Å². The highest BCUT2D eigenvalue weighted by atomic mass is 32.1. The Hall–Kier alpha value is -2.91. The second-order valence-corrected chi connectivity index (χ2v) is 13.5. The minimum Gasteiger partial charge on any atom is -0.481 e. The number of aryl methyl sites for hydroxylation is 2. The molecule has 1 fully saturated rings. The SMILES string of the molecule is Cc1ncsc1-c1ccc(CCC(=O)[C@@H]2C[C@@H](O)CN2C(=O)[C@@H](CC(=O)CCCCCCCC(=O)O)C(C)(C)C)cc1. The van der Waals surface area contributed by atoms with Gasteiger partial charge >= 0.3 is 5.97 Å². The number of rotatable bonds is 16. The molecule has 1 aliphatic rings. The standard InChI is InChI=1S/C33H46N2O6S/c1-22-31(42-21-34-22)24-15-12-23(13-16-24)14-17-29(38)28-19-26(37)20-35(28)32(41)27(33(2,3)4)18-25(36)10-8-6-5-7-9-11-30(39)40/h12-13,15-16,21,26-28,37H,5-11,14,17-20H2,1-4H3,(H,39,40)/t26-,27-,28+/m1/s1. The fourth-order valence-electron chi connectivity index (χ4n) is 5.62. The summed E-state index contributed by atoms with van der Waals surface area (Å²) in [5.41, 5.74) is 4.47. The first-order valence-corrected chi connectivity index (χ1v) is 16.0. The van der Waals surface area contributed by atoms with Gasteiger partial charge in [0.2, 0.25) is 5.91 Å². The van der Waals surface area contributed by atoms with Crippen molar-refractivity contribution in [3.8, 4) is 10.4 Å². The van der Waals surface area contributed by atoms with Gasteiger partial charge < -0.3 is 15.1 Å². The van der Waals surface area contributed by atoms with Gasteiger partial charge in [-0.2, -0.15) is 0 Å². The zero-order valence-corrected chi connectivity index (χ0v) is 26.3. The van der Waals surface area contributed by atoms with E-state index in [9.17, 15) is 24.3 Å². The van der Waals surface area contributed by atoms with E-state index in [0.29, 0.717) is 25.7 Å². The van der Waals surface area contributed by atoms with Gasteiger partial charge in [-0.25, -0.2) is 4.98 Å². The Bertz CT molecular complexity index is 1220. The third-order valence-corrected chi connectivity index (χ3v) is 9.15. The molecule has 3 atom stereocenters. The first kappa shape index (κ1) is 33.6. The molecule has 1 aliphatic heterocycles. The van der Waals surface area contributed by atoms with Crippen LogP contribution in [0.4, 0.5) is 0 Å². The molecule has 0 spiro atoms. The van der Waals surface area contributed by atoms with E-state index in [2.05, 4.69) is 4.98 Å². The molecular weight excluding hydrogens is 552 g/mol. The van der Waals surface area contributed by atoms with Crippen molar-refractivity contribution in [3.63, 3.8) is 0 Å². The lowest BCUT2D eigenvalue weighted by Crippen LogP contribution is -2.47. The monoisotopic (exact) mass is 598 g/mol. The number of aliphatic carboxylic acids is 1. The Morgan fingerprint density at radius 3 is 2.24 bits per heavy atom. The predicted octanol–water partition coefficient (Wildman–Crippen LogP) is 6.02. The van der Waals surface area contributed by atoms with Gasteiger partial charge in [-0.3, -0.25) is 19.2 Å². The molecule has 2 aromatic rings. The summed E-state index contributed by atoms with van der Waals surface area (Å²) >= 11 is 1.60. The van der Waals surface area contributed by atoms with Gasteiger partial charge in [-0.15, -0.1) is 11.3 Å². The lowest BCUT2D eigenvalue weighted by Gasteiger charge is -2.34. The van der Waals surface area contributed by atoms with E-state index in [0.717, 1.165) is 41.0 Å². The highest BCUT2D eigenvalue weighted by Gasteiger charge is 2.44. The van der Waals surface area contributed by atoms with Crippen LogP contribution in [0.5, 0.6) is 0 Å². The number of carboxylic acids is 1. The number of thiazole rings is 1. The van der Waals surface area contributed by atoms with Crippen LogP contribution in [0.15, 0.2) is 29.8 Å². The molecule has 1 amide bonds. The summed E-state index contributed by atoms with van der Waals surface area (Å²) in [6.45, 7) is 7.90. The summed E-state index contributed by atoms with van der Waals surface area (Å²) in [6, 6.07) is 7.44. The number of likely N-dealkylation sites (tertiary alicyclic amines) is 1. The van der Waals surface area contributed by atoms with Crippen LogP contribution in [-0.4, -0.2) is 62.2 Å². The van der Waals surface area contributed by atoms with Crippen LogP contribution in [0, 0.1) is 18.3 Å². The zero-order valence-electron chi connectivity index (χ0n) is 25.4. The van der Waals surface area contributed by atoms with Crippen molar-refractivity contribution in [2.45, 2.75) is 110 Å². The molecule has 2 heterocycles. The van der Waals surface area contributed by atoms with Crippen molar-refractivity contribution in [3.05, 3.63) is 41.0 Å². The molecule has 1 aromatic carbocycles. The summed E-state index contributed by atoms with van der Waals surface area (Å²) in [5.74, 6) is -1.64. The zero-order chi connectivity index (χ0) is 30.9. The molecule has 3 rings (SSSR count). The van der Waals surface area contributed by atoms with E-state index in [4.69, 9.17) is 5.11 Å². The molecule has 42 heavy (non-hydrogen) atoms. The van der Waals surface area contributed by atoms with Crippen LogP contribution in [0.2, 0.25) is 0 Å². The number of hydrogen-bond donors (Lipinski definition) is 2. The highest BCUT2D eigenvalue weighted by molar-refractivity contribution is 7.13. The molecular formula is C33H46N2O6S. The van der Waals surface area contributed by atoms with Crippen molar-refractivity contribution in [2.24, 2.45) is 11.3 Å². The van der Waals surface area contributed by atoms with Gasteiger partial charge in [0.05, 0.1) is 28.2 Å². The topological polar surface area (TPSA) is 125 Å². The van der Waals surface area contributed by atoms with E-state index >= 15 is 0 Å². The number of aliphatic hydroxyl groups is 1. The van der Waals surface area contributed by atoms with Crippen molar-refractivity contribution in [2.75, 3.05) is 6.54 Å². The Kier molecular flexibility index (Phi) is 12.4. The number of aromatic nitrogens is 1. The maximum atomic E-state index is 13.8. The molecule has 230 valence electrons. The number of β-amino-alcohol motifs (C(OH)–C–C–N with tert-alkyl or cyclic N) is 1. The Labute approximate surface area is 253 Å². The normalized spacial score (nSPS) is 17.8. The van der Waals surface area contributed by atoms with Crippen molar-refractivity contribution in [1.29, 1.82) is 0 Å². The number of ketones is 2. The molecule has 8 nitrogen and oxygen atoms in total. The van der Waals surface area contributed by atoms with Crippen LogP contribution in [0.3, 0.4) is 0 Å².